The molecule has 0 aliphatic carbocycles. The molecule has 0 unspecified atom stereocenters. The van der Waals surface area contributed by atoms with Gasteiger partial charge >= 0.3 is 0 Å². The Hall–Kier alpha value is -2.08. The standard InChI is InChI=1S/C16H25N3O3/c1-13(20)19(12-16(21)17-9-10-18(2)3)11-14-5-7-15(22-4)8-6-14/h5-8H,9-12H2,1-4H3,(H,17,21). The van der Waals surface area contributed by atoms with Crippen molar-refractivity contribution in [3.05, 3.63) is 29.8 Å². The van der Waals surface area contributed by atoms with Gasteiger partial charge in [0.15, 0.2) is 0 Å². The van der Waals surface area contributed by atoms with Crippen LogP contribution in [0.2, 0.25) is 0 Å². The lowest BCUT2D eigenvalue weighted by molar-refractivity contribution is -0.134. The summed E-state index contributed by atoms with van der Waals surface area (Å²) < 4.78 is 5.10. The summed E-state index contributed by atoms with van der Waals surface area (Å²) >= 11 is 0. The molecule has 122 valence electrons. The normalized spacial score (nSPS) is 10.4. The smallest absolute Gasteiger partial charge is 0.239 e. The number of hydrogen-bond acceptors (Lipinski definition) is 4. The van der Waals surface area contributed by atoms with E-state index in [-0.39, 0.29) is 18.4 Å². The van der Waals surface area contributed by atoms with E-state index in [1.165, 1.54) is 11.8 Å². The molecule has 2 amide bonds. The van der Waals surface area contributed by atoms with E-state index < -0.39 is 0 Å². The monoisotopic (exact) mass is 307 g/mol. The van der Waals surface area contributed by atoms with E-state index in [0.717, 1.165) is 17.9 Å². The molecule has 1 aromatic rings. The quantitative estimate of drug-likeness (QED) is 0.769. The third-order valence-corrected chi connectivity index (χ3v) is 3.19. The zero-order chi connectivity index (χ0) is 16.5. The van der Waals surface area contributed by atoms with Gasteiger partial charge in [0.05, 0.1) is 13.7 Å². The third kappa shape index (κ3) is 6.58. The minimum absolute atomic E-state index is 0.0643. The highest BCUT2D eigenvalue weighted by Crippen LogP contribution is 2.13. The van der Waals surface area contributed by atoms with Crippen molar-refractivity contribution in [2.45, 2.75) is 13.5 Å². The Bertz CT molecular complexity index is 486. The molecule has 1 N–H and O–H groups in total. The molecule has 0 spiro atoms. The first-order valence-corrected chi connectivity index (χ1v) is 7.22. The van der Waals surface area contributed by atoms with Crippen molar-refractivity contribution in [1.29, 1.82) is 0 Å². The zero-order valence-corrected chi connectivity index (χ0v) is 13.8. The molecular weight excluding hydrogens is 282 g/mol. The Balaban J connectivity index is 2.54. The largest absolute Gasteiger partial charge is 0.497 e. The molecule has 0 aliphatic heterocycles. The average molecular weight is 307 g/mol. The minimum atomic E-state index is -0.148. The molecule has 0 saturated heterocycles. The van der Waals surface area contributed by atoms with Gasteiger partial charge in [-0.05, 0) is 31.8 Å². The van der Waals surface area contributed by atoms with Gasteiger partial charge in [0.2, 0.25) is 11.8 Å². The van der Waals surface area contributed by atoms with E-state index in [1.54, 1.807) is 7.11 Å². The molecule has 0 aromatic heterocycles. The molecule has 0 bridgehead atoms. The number of rotatable bonds is 8. The van der Waals surface area contributed by atoms with Crippen LogP contribution in [-0.4, -0.2) is 62.5 Å². The number of carbonyl (C=O) groups excluding carboxylic acids is 2. The van der Waals surface area contributed by atoms with Crippen LogP contribution in [0, 0.1) is 0 Å². The predicted molar refractivity (Wildman–Crippen MR) is 85.6 cm³/mol. The van der Waals surface area contributed by atoms with E-state index in [1.807, 2.05) is 43.3 Å². The van der Waals surface area contributed by atoms with Gasteiger partial charge in [-0.25, -0.2) is 0 Å². The van der Waals surface area contributed by atoms with Crippen LogP contribution in [0.25, 0.3) is 0 Å². The maximum atomic E-state index is 11.9. The van der Waals surface area contributed by atoms with E-state index in [0.29, 0.717) is 13.1 Å². The lowest BCUT2D eigenvalue weighted by Gasteiger charge is -2.21. The Labute approximate surface area is 132 Å². The van der Waals surface area contributed by atoms with Gasteiger partial charge in [0.25, 0.3) is 0 Å². The number of carbonyl (C=O) groups is 2. The molecule has 22 heavy (non-hydrogen) atoms. The highest BCUT2D eigenvalue weighted by molar-refractivity contribution is 5.83. The summed E-state index contributed by atoms with van der Waals surface area (Å²) in [6, 6.07) is 7.45. The molecular formula is C16H25N3O3. The fourth-order valence-electron chi connectivity index (χ4n) is 1.88. The highest BCUT2D eigenvalue weighted by Gasteiger charge is 2.14. The molecule has 0 fully saturated rings. The van der Waals surface area contributed by atoms with Gasteiger partial charge in [-0.1, -0.05) is 12.1 Å². The zero-order valence-electron chi connectivity index (χ0n) is 13.8. The number of amides is 2. The summed E-state index contributed by atoms with van der Waals surface area (Å²) in [5, 5.41) is 2.81. The Kier molecular flexibility index (Phi) is 7.39. The van der Waals surface area contributed by atoms with Gasteiger partial charge < -0.3 is 19.9 Å². The summed E-state index contributed by atoms with van der Waals surface area (Å²) in [4.78, 5) is 27.1. The van der Waals surface area contributed by atoms with Crippen molar-refractivity contribution < 1.29 is 14.3 Å². The topological polar surface area (TPSA) is 61.9 Å². The summed E-state index contributed by atoms with van der Waals surface area (Å²) in [6.45, 7) is 3.27. The minimum Gasteiger partial charge on any atom is -0.497 e. The average Bonchev–Trinajstić information content (AvgIpc) is 2.46. The van der Waals surface area contributed by atoms with E-state index in [2.05, 4.69) is 5.32 Å². The number of hydrogen-bond donors (Lipinski definition) is 1. The number of ether oxygens (including phenoxy) is 1. The maximum absolute atomic E-state index is 11.9. The van der Waals surface area contributed by atoms with Gasteiger partial charge in [0, 0.05) is 26.6 Å². The van der Waals surface area contributed by atoms with E-state index >= 15 is 0 Å². The molecule has 0 aliphatic rings. The second-order valence-electron chi connectivity index (χ2n) is 5.38. The number of benzene rings is 1. The van der Waals surface area contributed by atoms with Crippen molar-refractivity contribution in [2.75, 3.05) is 40.8 Å². The first-order valence-electron chi connectivity index (χ1n) is 7.22. The molecule has 1 aromatic carbocycles. The summed E-state index contributed by atoms with van der Waals surface area (Å²) in [7, 11) is 5.49. The first-order chi connectivity index (χ1) is 10.4. The Morgan fingerprint density at radius 1 is 1.18 bits per heavy atom. The lowest BCUT2D eigenvalue weighted by Crippen LogP contribution is -2.41. The van der Waals surface area contributed by atoms with Crippen molar-refractivity contribution >= 4 is 11.8 Å². The van der Waals surface area contributed by atoms with Gasteiger partial charge in [-0.2, -0.15) is 0 Å². The van der Waals surface area contributed by atoms with E-state index in [9.17, 15) is 9.59 Å². The molecule has 6 nitrogen and oxygen atoms in total. The van der Waals surface area contributed by atoms with Crippen LogP contribution in [0.4, 0.5) is 0 Å². The second kappa shape index (κ2) is 9.04. The van der Waals surface area contributed by atoms with Crippen LogP contribution in [0.1, 0.15) is 12.5 Å². The number of methoxy groups -OCH3 is 1. The van der Waals surface area contributed by atoms with Crippen LogP contribution in [0.5, 0.6) is 5.75 Å². The number of likely N-dealkylation sites (N-methyl/N-ethyl adjacent to an activating group) is 1. The highest BCUT2D eigenvalue weighted by atomic mass is 16.5. The van der Waals surface area contributed by atoms with Crippen LogP contribution in [0.3, 0.4) is 0 Å². The SMILES string of the molecule is COc1ccc(CN(CC(=O)NCCN(C)C)C(C)=O)cc1. The van der Waals surface area contributed by atoms with Crippen LogP contribution in [0.15, 0.2) is 24.3 Å². The van der Waals surface area contributed by atoms with Gasteiger partial charge in [-0.3, -0.25) is 9.59 Å². The predicted octanol–water partition coefficient (Wildman–Crippen LogP) is 0.722. The van der Waals surface area contributed by atoms with Crippen LogP contribution >= 0.6 is 0 Å². The molecule has 0 heterocycles. The van der Waals surface area contributed by atoms with Gasteiger partial charge in [0.1, 0.15) is 5.75 Å². The molecule has 1 rings (SSSR count). The Morgan fingerprint density at radius 2 is 1.82 bits per heavy atom. The van der Waals surface area contributed by atoms with Crippen LogP contribution in [-0.2, 0) is 16.1 Å². The number of nitrogens with zero attached hydrogens (tertiary/aromatic N) is 2. The summed E-state index contributed by atoms with van der Waals surface area (Å²) in [6.07, 6.45) is 0. The van der Waals surface area contributed by atoms with Crippen molar-refractivity contribution in [2.24, 2.45) is 0 Å². The maximum Gasteiger partial charge on any atom is 0.239 e. The lowest BCUT2D eigenvalue weighted by atomic mass is 10.2. The molecule has 0 saturated carbocycles. The van der Waals surface area contributed by atoms with Crippen molar-refractivity contribution in [3.8, 4) is 5.75 Å². The molecule has 6 heteroatoms. The van der Waals surface area contributed by atoms with Crippen molar-refractivity contribution in [3.63, 3.8) is 0 Å². The fraction of sp³-hybridized carbons (Fsp3) is 0.500. The summed E-state index contributed by atoms with van der Waals surface area (Å²) in [5.74, 6) is 0.490. The van der Waals surface area contributed by atoms with Crippen molar-refractivity contribution in [1.82, 2.24) is 15.1 Å². The molecule has 0 radical (unpaired) electrons. The summed E-state index contributed by atoms with van der Waals surface area (Å²) in [5.41, 5.74) is 0.956. The molecule has 0 atom stereocenters. The second-order valence-corrected chi connectivity index (χ2v) is 5.38. The van der Waals surface area contributed by atoms with Gasteiger partial charge in [-0.15, -0.1) is 0 Å². The first kappa shape index (κ1) is 18.0. The number of nitrogens with one attached hydrogen (secondary N) is 1. The third-order valence-electron chi connectivity index (χ3n) is 3.19. The fourth-order valence-corrected chi connectivity index (χ4v) is 1.88. The van der Waals surface area contributed by atoms with E-state index in [4.69, 9.17) is 4.74 Å². The van der Waals surface area contributed by atoms with Crippen LogP contribution < -0.4 is 10.1 Å². The Morgan fingerprint density at radius 3 is 2.32 bits per heavy atom.